The van der Waals surface area contributed by atoms with Gasteiger partial charge >= 0.3 is 0 Å². The van der Waals surface area contributed by atoms with E-state index in [-0.39, 0.29) is 0 Å². The minimum absolute atomic E-state index is 0.612. The SMILES string of the molecule is CC=C1Oc2c1cc(OC)c1ooc21. The van der Waals surface area contributed by atoms with Crippen molar-refractivity contribution in [2.24, 2.45) is 0 Å². The molecule has 0 N–H and O–H groups in total. The monoisotopic (exact) mass is 192 g/mol. The highest BCUT2D eigenvalue weighted by Gasteiger charge is 2.31. The Hall–Kier alpha value is -1.84. The van der Waals surface area contributed by atoms with Gasteiger partial charge in [0.05, 0.1) is 12.7 Å². The van der Waals surface area contributed by atoms with Gasteiger partial charge < -0.3 is 9.47 Å². The van der Waals surface area contributed by atoms with E-state index in [4.69, 9.17) is 18.6 Å². The predicted molar refractivity (Wildman–Crippen MR) is 49.3 cm³/mol. The summed E-state index contributed by atoms with van der Waals surface area (Å²) in [6.07, 6.45) is 1.90. The zero-order chi connectivity index (χ0) is 9.71. The molecule has 0 saturated heterocycles. The highest BCUT2D eigenvalue weighted by molar-refractivity contribution is 5.94. The number of benzene rings is 1. The fourth-order valence-corrected chi connectivity index (χ4v) is 1.57. The van der Waals surface area contributed by atoms with Crippen LogP contribution in [0.1, 0.15) is 12.5 Å². The first-order valence-electron chi connectivity index (χ1n) is 4.29. The van der Waals surface area contributed by atoms with E-state index >= 15 is 0 Å². The van der Waals surface area contributed by atoms with E-state index in [1.165, 1.54) is 0 Å². The standard InChI is InChI=1S/C10H8O4/c1-3-6-5-4-7(11-2)9-10(14-13-9)8(5)12-6/h3-4H,1-2H3. The normalized spacial score (nSPS) is 16.6. The highest BCUT2D eigenvalue weighted by Crippen LogP contribution is 2.48. The Balaban J connectivity index is 2.29. The van der Waals surface area contributed by atoms with Crippen LogP contribution >= 0.6 is 0 Å². The quantitative estimate of drug-likeness (QED) is 0.651. The number of hydrogen-bond acceptors (Lipinski definition) is 4. The first-order valence-corrected chi connectivity index (χ1v) is 4.29. The number of rotatable bonds is 1. The molecule has 0 unspecified atom stereocenters. The van der Waals surface area contributed by atoms with Gasteiger partial charge in [-0.1, -0.05) is 0 Å². The molecule has 0 amide bonds. The van der Waals surface area contributed by atoms with Crippen LogP contribution in [0.25, 0.3) is 16.9 Å². The first kappa shape index (κ1) is 7.55. The molecule has 0 atom stereocenters. The van der Waals surface area contributed by atoms with Gasteiger partial charge in [0.1, 0.15) is 5.76 Å². The molecule has 1 aromatic heterocycles. The molecule has 72 valence electrons. The summed E-state index contributed by atoms with van der Waals surface area (Å²) in [6.45, 7) is 1.92. The molecule has 0 bridgehead atoms. The van der Waals surface area contributed by atoms with E-state index in [0.29, 0.717) is 16.9 Å². The van der Waals surface area contributed by atoms with Crippen molar-refractivity contribution in [3.63, 3.8) is 0 Å². The van der Waals surface area contributed by atoms with E-state index in [1.54, 1.807) is 7.11 Å². The summed E-state index contributed by atoms with van der Waals surface area (Å²) in [6, 6.07) is 1.88. The lowest BCUT2D eigenvalue weighted by atomic mass is 10.1. The van der Waals surface area contributed by atoms with Gasteiger partial charge in [-0.3, -0.25) is 9.15 Å². The van der Waals surface area contributed by atoms with E-state index < -0.39 is 0 Å². The minimum atomic E-state index is 0.612. The van der Waals surface area contributed by atoms with Crippen molar-refractivity contribution in [2.75, 3.05) is 7.11 Å². The number of hydrogen-bond donors (Lipinski definition) is 0. The Bertz CT molecular complexity index is 530. The number of ether oxygens (including phenoxy) is 2. The molecule has 1 aliphatic rings. The second-order valence-corrected chi connectivity index (χ2v) is 3.04. The summed E-state index contributed by atoms with van der Waals surface area (Å²) in [5.41, 5.74) is 2.25. The van der Waals surface area contributed by atoms with E-state index in [1.807, 2.05) is 19.1 Å². The van der Waals surface area contributed by atoms with Crippen LogP contribution in [0.3, 0.4) is 0 Å². The molecule has 0 saturated carbocycles. The molecule has 0 spiro atoms. The second-order valence-electron chi connectivity index (χ2n) is 3.04. The van der Waals surface area contributed by atoms with E-state index in [9.17, 15) is 0 Å². The average molecular weight is 192 g/mol. The molecule has 14 heavy (non-hydrogen) atoms. The molecule has 0 radical (unpaired) electrons. The summed E-state index contributed by atoms with van der Waals surface area (Å²) in [5, 5.41) is 0. The molecule has 0 fully saturated rings. The van der Waals surface area contributed by atoms with Gasteiger partial charge in [-0.25, -0.2) is 0 Å². The summed E-state index contributed by atoms with van der Waals surface area (Å²) >= 11 is 0. The third-order valence-electron chi connectivity index (χ3n) is 2.32. The summed E-state index contributed by atoms with van der Waals surface area (Å²) < 4.78 is 20.2. The molecule has 0 aliphatic carbocycles. The maximum absolute atomic E-state index is 5.40. The lowest BCUT2D eigenvalue weighted by molar-refractivity contribution is 0.0538. The third-order valence-corrected chi connectivity index (χ3v) is 2.32. The van der Waals surface area contributed by atoms with Crippen LogP contribution in [0.4, 0.5) is 0 Å². The lowest BCUT2D eigenvalue weighted by Gasteiger charge is -2.24. The molecule has 2 aromatic rings. The van der Waals surface area contributed by atoms with Crippen LogP contribution < -0.4 is 9.47 Å². The molecule has 1 aliphatic heterocycles. The Labute approximate surface area is 79.6 Å². The zero-order valence-electron chi connectivity index (χ0n) is 7.79. The smallest absolute Gasteiger partial charge is 0.272 e. The van der Waals surface area contributed by atoms with Gasteiger partial charge in [-0.15, -0.1) is 0 Å². The Morgan fingerprint density at radius 3 is 2.64 bits per heavy atom. The molecular weight excluding hydrogens is 184 g/mol. The van der Waals surface area contributed by atoms with Crippen molar-refractivity contribution in [2.45, 2.75) is 6.92 Å². The van der Waals surface area contributed by atoms with Gasteiger partial charge in [0.15, 0.2) is 11.5 Å². The topological polar surface area (TPSA) is 44.7 Å². The highest BCUT2D eigenvalue weighted by atomic mass is 17.0. The van der Waals surface area contributed by atoms with Gasteiger partial charge in [0.2, 0.25) is 0 Å². The van der Waals surface area contributed by atoms with Crippen molar-refractivity contribution >= 4 is 16.9 Å². The maximum Gasteiger partial charge on any atom is 0.272 e. The van der Waals surface area contributed by atoms with Crippen molar-refractivity contribution in [1.29, 1.82) is 0 Å². The van der Waals surface area contributed by atoms with Crippen LogP contribution in [0, 0.1) is 0 Å². The summed E-state index contributed by atoms with van der Waals surface area (Å²) in [5.74, 6) is 2.25. The van der Waals surface area contributed by atoms with Crippen LogP contribution in [0.15, 0.2) is 21.3 Å². The Morgan fingerprint density at radius 2 is 2.07 bits per heavy atom. The van der Waals surface area contributed by atoms with E-state index in [2.05, 4.69) is 0 Å². The largest absolute Gasteiger partial charge is 0.492 e. The van der Waals surface area contributed by atoms with Crippen molar-refractivity contribution in [3.05, 3.63) is 17.7 Å². The van der Waals surface area contributed by atoms with Crippen LogP contribution in [-0.2, 0) is 0 Å². The minimum Gasteiger partial charge on any atom is -0.492 e. The molecule has 4 nitrogen and oxygen atoms in total. The predicted octanol–water partition coefficient (Wildman–Crippen LogP) is 2.79. The van der Waals surface area contributed by atoms with Crippen molar-refractivity contribution < 1.29 is 18.6 Å². The zero-order valence-corrected chi connectivity index (χ0v) is 7.79. The van der Waals surface area contributed by atoms with Gasteiger partial charge in [-0.05, 0) is 19.1 Å². The number of fused-ring (bicyclic) bond motifs is 3. The fourth-order valence-electron chi connectivity index (χ4n) is 1.57. The maximum atomic E-state index is 5.40. The summed E-state index contributed by atoms with van der Waals surface area (Å²) in [7, 11) is 1.60. The molecule has 3 rings (SSSR count). The van der Waals surface area contributed by atoms with Crippen LogP contribution in [0.5, 0.6) is 11.5 Å². The molecule has 1 aromatic carbocycles. The first-order chi connectivity index (χ1) is 6.85. The Morgan fingerprint density at radius 1 is 1.29 bits per heavy atom. The molecule has 2 heterocycles. The van der Waals surface area contributed by atoms with E-state index in [0.717, 1.165) is 17.1 Å². The number of methoxy groups -OCH3 is 1. The fraction of sp³-hybridized carbons (Fsp3) is 0.200. The average Bonchev–Trinajstić information content (AvgIpc) is 2.13. The van der Waals surface area contributed by atoms with Gasteiger partial charge in [0, 0.05) is 0 Å². The molecular formula is C10H8O4. The van der Waals surface area contributed by atoms with Gasteiger partial charge in [-0.2, -0.15) is 0 Å². The second kappa shape index (κ2) is 2.35. The lowest BCUT2D eigenvalue weighted by Crippen LogP contribution is -2.10. The summed E-state index contributed by atoms with van der Waals surface area (Å²) in [4.78, 5) is 0. The van der Waals surface area contributed by atoms with Crippen LogP contribution in [0.2, 0.25) is 0 Å². The van der Waals surface area contributed by atoms with Crippen molar-refractivity contribution in [1.82, 2.24) is 0 Å². The Kier molecular flexibility index (Phi) is 1.27. The van der Waals surface area contributed by atoms with Gasteiger partial charge in [0.25, 0.3) is 11.2 Å². The van der Waals surface area contributed by atoms with Crippen molar-refractivity contribution in [3.8, 4) is 11.5 Å². The third kappa shape index (κ3) is 0.690. The number of allylic oxidation sites excluding steroid dienone is 1. The van der Waals surface area contributed by atoms with Crippen LogP contribution in [-0.4, -0.2) is 7.11 Å². The molecule has 4 heteroatoms.